The van der Waals surface area contributed by atoms with Gasteiger partial charge >= 0.3 is 5.97 Å². The van der Waals surface area contributed by atoms with Crippen molar-refractivity contribution in [2.75, 3.05) is 5.32 Å². The van der Waals surface area contributed by atoms with Gasteiger partial charge in [0.25, 0.3) is 0 Å². The van der Waals surface area contributed by atoms with Crippen molar-refractivity contribution in [3.8, 4) is 0 Å². The van der Waals surface area contributed by atoms with E-state index in [2.05, 4.69) is 10.3 Å². The van der Waals surface area contributed by atoms with Gasteiger partial charge < -0.3 is 10.4 Å². The van der Waals surface area contributed by atoms with Gasteiger partial charge in [0.15, 0.2) is 5.13 Å². The quantitative estimate of drug-likeness (QED) is 0.888. The normalized spacial score (nSPS) is 10.4. The number of hydrogen-bond acceptors (Lipinski definition) is 4. The van der Waals surface area contributed by atoms with Crippen LogP contribution in [-0.2, 0) is 0 Å². The lowest BCUT2D eigenvalue weighted by Crippen LogP contribution is -2.00. The molecule has 94 valence electrons. The summed E-state index contributed by atoms with van der Waals surface area (Å²) < 4.78 is 0. The van der Waals surface area contributed by atoms with Gasteiger partial charge in [0.05, 0.1) is 11.3 Å². The Morgan fingerprint density at radius 1 is 1.33 bits per heavy atom. The van der Waals surface area contributed by atoms with E-state index < -0.39 is 5.97 Å². The van der Waals surface area contributed by atoms with Crippen LogP contribution in [0.15, 0.2) is 18.2 Å². The first-order chi connectivity index (χ1) is 8.47. The van der Waals surface area contributed by atoms with Crippen molar-refractivity contribution in [1.82, 2.24) is 4.98 Å². The van der Waals surface area contributed by atoms with Crippen LogP contribution in [0.2, 0.25) is 0 Å². The number of thiazole rings is 1. The molecular weight excluding hydrogens is 248 g/mol. The van der Waals surface area contributed by atoms with Crippen LogP contribution in [-0.4, -0.2) is 16.1 Å². The molecule has 18 heavy (non-hydrogen) atoms. The van der Waals surface area contributed by atoms with Gasteiger partial charge in [0.2, 0.25) is 0 Å². The summed E-state index contributed by atoms with van der Waals surface area (Å²) in [5.41, 5.74) is 2.93. The van der Waals surface area contributed by atoms with E-state index in [9.17, 15) is 4.79 Å². The maximum Gasteiger partial charge on any atom is 0.335 e. The molecule has 4 nitrogen and oxygen atoms in total. The summed E-state index contributed by atoms with van der Waals surface area (Å²) in [5, 5.41) is 13.0. The van der Waals surface area contributed by atoms with Gasteiger partial charge in [0, 0.05) is 10.6 Å². The Balaban J connectivity index is 2.25. The summed E-state index contributed by atoms with van der Waals surface area (Å²) >= 11 is 1.59. The molecule has 0 radical (unpaired) electrons. The zero-order valence-electron chi connectivity index (χ0n) is 10.4. The van der Waals surface area contributed by atoms with Crippen molar-refractivity contribution in [2.45, 2.75) is 20.8 Å². The average Bonchev–Trinajstić information content (AvgIpc) is 2.57. The third-order valence-electron chi connectivity index (χ3n) is 2.74. The predicted molar refractivity (Wildman–Crippen MR) is 73.0 cm³/mol. The van der Waals surface area contributed by atoms with E-state index in [1.54, 1.807) is 30.4 Å². The molecule has 2 rings (SSSR count). The topological polar surface area (TPSA) is 62.2 Å². The van der Waals surface area contributed by atoms with Crippen LogP contribution < -0.4 is 5.32 Å². The van der Waals surface area contributed by atoms with Crippen molar-refractivity contribution >= 4 is 28.1 Å². The van der Waals surface area contributed by atoms with E-state index in [0.717, 1.165) is 22.1 Å². The van der Waals surface area contributed by atoms with E-state index in [1.165, 1.54) is 4.88 Å². The minimum atomic E-state index is -0.903. The largest absolute Gasteiger partial charge is 0.478 e. The summed E-state index contributed by atoms with van der Waals surface area (Å²) in [7, 11) is 0. The number of carboxylic acids is 1. The molecule has 5 heteroatoms. The first-order valence-corrected chi connectivity index (χ1v) is 6.34. The Kier molecular flexibility index (Phi) is 3.34. The smallest absolute Gasteiger partial charge is 0.335 e. The van der Waals surface area contributed by atoms with E-state index >= 15 is 0 Å². The monoisotopic (exact) mass is 262 g/mol. The third-order valence-corrected chi connectivity index (χ3v) is 3.72. The summed E-state index contributed by atoms with van der Waals surface area (Å²) in [5.74, 6) is -0.903. The third kappa shape index (κ3) is 2.51. The summed E-state index contributed by atoms with van der Waals surface area (Å²) in [6.45, 7) is 5.78. The number of nitrogens with one attached hydrogen (secondary N) is 1. The molecule has 0 atom stereocenters. The minimum absolute atomic E-state index is 0.326. The number of rotatable bonds is 3. The van der Waals surface area contributed by atoms with Crippen LogP contribution in [0.25, 0.3) is 0 Å². The molecule has 0 saturated heterocycles. The number of aryl methyl sites for hydroxylation is 3. The molecule has 2 N–H and O–H groups in total. The van der Waals surface area contributed by atoms with Gasteiger partial charge in [0.1, 0.15) is 0 Å². The lowest BCUT2D eigenvalue weighted by atomic mass is 10.1. The number of carbonyl (C=O) groups is 1. The Hall–Kier alpha value is -1.88. The average molecular weight is 262 g/mol. The number of nitrogens with zero attached hydrogens (tertiary/aromatic N) is 1. The van der Waals surface area contributed by atoms with Crippen LogP contribution >= 0.6 is 11.3 Å². The fourth-order valence-electron chi connectivity index (χ4n) is 1.63. The number of carboxylic acid groups (broad SMARTS) is 1. The molecule has 1 heterocycles. The SMILES string of the molecule is Cc1cc(Nc2nc(C)c(C)s2)ccc1C(=O)O. The van der Waals surface area contributed by atoms with Crippen LogP contribution in [0, 0.1) is 20.8 Å². The molecule has 0 aliphatic rings. The molecule has 0 bridgehead atoms. The minimum Gasteiger partial charge on any atom is -0.478 e. The van der Waals surface area contributed by atoms with Gasteiger partial charge in [-0.05, 0) is 44.5 Å². The molecule has 0 aliphatic carbocycles. The number of benzene rings is 1. The van der Waals surface area contributed by atoms with Crippen LogP contribution in [0.5, 0.6) is 0 Å². The molecule has 0 amide bonds. The number of aromatic nitrogens is 1. The molecule has 0 unspecified atom stereocenters. The molecule has 0 saturated carbocycles. The summed E-state index contributed by atoms with van der Waals surface area (Å²) in [4.78, 5) is 16.5. The van der Waals surface area contributed by atoms with Gasteiger partial charge in [-0.15, -0.1) is 11.3 Å². The molecule has 2 aromatic rings. The van der Waals surface area contributed by atoms with Gasteiger partial charge in [-0.1, -0.05) is 0 Å². The zero-order valence-corrected chi connectivity index (χ0v) is 11.3. The Bertz CT molecular complexity index is 586. The van der Waals surface area contributed by atoms with Gasteiger partial charge in [-0.25, -0.2) is 9.78 Å². The molecule has 1 aromatic carbocycles. The molecule has 0 spiro atoms. The van der Waals surface area contributed by atoms with Crippen molar-refractivity contribution < 1.29 is 9.90 Å². The second kappa shape index (κ2) is 4.78. The highest BCUT2D eigenvalue weighted by molar-refractivity contribution is 7.15. The molecular formula is C13H14N2O2S. The van der Waals surface area contributed by atoms with Crippen LogP contribution in [0.3, 0.4) is 0 Å². The maximum absolute atomic E-state index is 10.9. The lowest BCUT2D eigenvalue weighted by Gasteiger charge is -2.06. The molecule has 0 aliphatic heterocycles. The van der Waals surface area contributed by atoms with E-state index in [1.807, 2.05) is 19.9 Å². The summed E-state index contributed by atoms with van der Waals surface area (Å²) in [6, 6.07) is 5.17. The number of hydrogen-bond donors (Lipinski definition) is 2. The number of aromatic carboxylic acids is 1. The summed E-state index contributed by atoms with van der Waals surface area (Å²) in [6.07, 6.45) is 0. The molecule has 0 fully saturated rings. The Labute approximate surface area is 109 Å². The van der Waals surface area contributed by atoms with Gasteiger partial charge in [-0.3, -0.25) is 0 Å². The second-order valence-electron chi connectivity index (χ2n) is 4.12. The Morgan fingerprint density at radius 3 is 2.56 bits per heavy atom. The standard InChI is InChI=1S/C13H14N2O2S/c1-7-6-10(4-5-11(7)12(16)17)15-13-14-8(2)9(3)18-13/h4-6H,1-3H3,(H,14,15)(H,16,17). The maximum atomic E-state index is 10.9. The van der Waals surface area contributed by atoms with Crippen LogP contribution in [0.1, 0.15) is 26.5 Å². The second-order valence-corrected chi connectivity index (χ2v) is 5.32. The van der Waals surface area contributed by atoms with E-state index in [4.69, 9.17) is 5.11 Å². The van der Waals surface area contributed by atoms with E-state index in [-0.39, 0.29) is 0 Å². The number of anilines is 2. The van der Waals surface area contributed by atoms with Gasteiger partial charge in [-0.2, -0.15) is 0 Å². The van der Waals surface area contributed by atoms with Crippen LogP contribution in [0.4, 0.5) is 10.8 Å². The Morgan fingerprint density at radius 2 is 2.06 bits per heavy atom. The predicted octanol–water partition coefficient (Wildman–Crippen LogP) is 3.51. The molecule has 1 aromatic heterocycles. The fraction of sp³-hybridized carbons (Fsp3) is 0.231. The highest BCUT2D eigenvalue weighted by atomic mass is 32.1. The van der Waals surface area contributed by atoms with E-state index in [0.29, 0.717) is 5.56 Å². The zero-order chi connectivity index (χ0) is 13.3. The highest BCUT2D eigenvalue weighted by Crippen LogP contribution is 2.25. The van der Waals surface area contributed by atoms with Crippen molar-refractivity contribution in [2.24, 2.45) is 0 Å². The lowest BCUT2D eigenvalue weighted by molar-refractivity contribution is 0.0696. The highest BCUT2D eigenvalue weighted by Gasteiger charge is 2.08. The van der Waals surface area contributed by atoms with Crippen molar-refractivity contribution in [3.63, 3.8) is 0 Å². The van der Waals surface area contributed by atoms with Crippen molar-refractivity contribution in [3.05, 3.63) is 39.9 Å². The first kappa shape index (κ1) is 12.6. The van der Waals surface area contributed by atoms with Crippen molar-refractivity contribution in [1.29, 1.82) is 0 Å². The fourth-order valence-corrected chi connectivity index (χ4v) is 2.47. The first-order valence-electron chi connectivity index (χ1n) is 5.52.